The predicted molar refractivity (Wildman–Crippen MR) is 133 cm³/mol. The third-order valence-electron chi connectivity index (χ3n) is 5.73. The molecule has 6 nitrogen and oxygen atoms in total. The minimum Gasteiger partial charge on any atom is -0.489 e. The lowest BCUT2D eigenvalue weighted by atomic mass is 9.93. The molecule has 0 saturated carbocycles. The van der Waals surface area contributed by atoms with Crippen LogP contribution < -0.4 is 10.1 Å². The first-order valence-electron chi connectivity index (χ1n) is 11.5. The lowest BCUT2D eigenvalue weighted by molar-refractivity contribution is -0.137. The van der Waals surface area contributed by atoms with Gasteiger partial charge in [0.05, 0.1) is 5.56 Å². The minimum atomic E-state index is -0.830. The van der Waals surface area contributed by atoms with E-state index in [9.17, 15) is 15.2 Å². The van der Waals surface area contributed by atoms with Crippen LogP contribution in [0.1, 0.15) is 43.4 Å². The Hall–Kier alpha value is -3.40. The third kappa shape index (κ3) is 7.58. The smallest absolute Gasteiger partial charge is 0.303 e. The van der Waals surface area contributed by atoms with Crippen LogP contribution in [-0.2, 0) is 17.6 Å². The van der Waals surface area contributed by atoms with Crippen LogP contribution in [-0.4, -0.2) is 41.0 Å². The summed E-state index contributed by atoms with van der Waals surface area (Å²) in [6.45, 7) is 4.63. The van der Waals surface area contributed by atoms with Gasteiger partial charge >= 0.3 is 5.97 Å². The van der Waals surface area contributed by atoms with Gasteiger partial charge in [0.25, 0.3) is 0 Å². The highest BCUT2D eigenvalue weighted by atomic mass is 16.5. The molecule has 0 fully saturated rings. The number of aliphatic hydroxyl groups is 1. The fraction of sp³-hybridized carbons (Fsp3) is 0.357. The van der Waals surface area contributed by atoms with E-state index in [1.54, 1.807) is 12.1 Å². The molecular formula is C28H32N2O4. The molecule has 0 aliphatic carbocycles. The summed E-state index contributed by atoms with van der Waals surface area (Å²) >= 11 is 0. The molecule has 0 saturated heterocycles. The van der Waals surface area contributed by atoms with Crippen molar-refractivity contribution in [3.05, 3.63) is 77.4 Å². The van der Waals surface area contributed by atoms with Crippen molar-refractivity contribution < 1.29 is 19.7 Å². The Bertz CT molecular complexity index is 1170. The second kappa shape index (κ2) is 11.6. The number of rotatable bonds is 12. The van der Waals surface area contributed by atoms with Crippen LogP contribution in [0, 0.1) is 11.3 Å². The van der Waals surface area contributed by atoms with Gasteiger partial charge in [0.2, 0.25) is 0 Å². The van der Waals surface area contributed by atoms with E-state index in [2.05, 4.69) is 55.6 Å². The van der Waals surface area contributed by atoms with Gasteiger partial charge < -0.3 is 20.3 Å². The lowest BCUT2D eigenvalue weighted by Gasteiger charge is -2.28. The van der Waals surface area contributed by atoms with Gasteiger partial charge in [0, 0.05) is 18.5 Å². The molecule has 0 heterocycles. The maximum Gasteiger partial charge on any atom is 0.303 e. The number of carboxylic acids is 1. The normalized spacial score (nSPS) is 12.3. The van der Waals surface area contributed by atoms with Gasteiger partial charge in [-0.2, -0.15) is 5.26 Å². The Balaban J connectivity index is 1.49. The van der Waals surface area contributed by atoms with Gasteiger partial charge in [-0.3, -0.25) is 4.79 Å². The van der Waals surface area contributed by atoms with Crippen molar-refractivity contribution in [2.45, 2.75) is 51.2 Å². The molecule has 3 rings (SSSR count). The minimum absolute atomic E-state index is 0.0616. The van der Waals surface area contributed by atoms with Crippen LogP contribution in [0.15, 0.2) is 60.7 Å². The van der Waals surface area contributed by atoms with Gasteiger partial charge in [-0.25, -0.2) is 0 Å². The number of aliphatic carboxylic acids is 1. The van der Waals surface area contributed by atoms with E-state index < -0.39 is 12.1 Å². The number of aliphatic hydroxyl groups excluding tert-OH is 1. The zero-order valence-electron chi connectivity index (χ0n) is 19.8. The van der Waals surface area contributed by atoms with E-state index in [-0.39, 0.29) is 18.6 Å². The zero-order chi connectivity index (χ0) is 24.6. The van der Waals surface area contributed by atoms with Crippen LogP contribution in [0.5, 0.6) is 5.75 Å². The fourth-order valence-electron chi connectivity index (χ4n) is 3.95. The van der Waals surface area contributed by atoms with Gasteiger partial charge in [0.1, 0.15) is 24.5 Å². The lowest BCUT2D eigenvalue weighted by Crippen LogP contribution is -2.46. The molecule has 178 valence electrons. The Kier molecular flexibility index (Phi) is 8.64. The van der Waals surface area contributed by atoms with E-state index in [0.717, 1.165) is 12.0 Å². The van der Waals surface area contributed by atoms with Gasteiger partial charge in [0.15, 0.2) is 0 Å². The van der Waals surface area contributed by atoms with Crippen molar-refractivity contribution in [2.75, 3.05) is 13.2 Å². The summed E-state index contributed by atoms with van der Waals surface area (Å²) < 4.78 is 5.71. The molecule has 1 atom stereocenters. The van der Waals surface area contributed by atoms with Crippen molar-refractivity contribution in [2.24, 2.45) is 0 Å². The van der Waals surface area contributed by atoms with Crippen molar-refractivity contribution in [3.63, 3.8) is 0 Å². The second-order valence-electron chi connectivity index (χ2n) is 9.28. The molecule has 3 N–H and O–H groups in total. The SMILES string of the molecule is CC(C)(Cc1ccc2ccccc2c1)NC[C@H](O)COc1ccc(CCCC(=O)O)cc1C#N. The van der Waals surface area contributed by atoms with E-state index >= 15 is 0 Å². The monoisotopic (exact) mass is 460 g/mol. The molecule has 0 aromatic heterocycles. The number of aryl methyl sites for hydroxylation is 1. The van der Waals surface area contributed by atoms with Gasteiger partial charge in [-0.1, -0.05) is 48.5 Å². The predicted octanol–water partition coefficient (Wildman–Crippen LogP) is 4.47. The molecular weight excluding hydrogens is 428 g/mol. The number of β-amino-alcohol motifs (C(OH)–C–C–N with tert-alkyl or cyclic N) is 1. The summed E-state index contributed by atoms with van der Waals surface area (Å²) in [6, 6.07) is 22.1. The largest absolute Gasteiger partial charge is 0.489 e. The number of nitrogens with zero attached hydrogens (tertiary/aromatic N) is 1. The first-order valence-corrected chi connectivity index (χ1v) is 11.5. The molecule has 3 aromatic rings. The Morgan fingerprint density at radius 1 is 1.09 bits per heavy atom. The molecule has 0 amide bonds. The van der Waals surface area contributed by atoms with E-state index in [1.165, 1.54) is 16.3 Å². The average Bonchev–Trinajstić information content (AvgIpc) is 2.81. The standard InChI is InChI=1S/C28H32N2O4/c1-28(2,16-21-10-12-22-7-3-4-8-23(22)15-21)30-18-25(31)19-34-26-13-11-20(14-24(26)17-29)6-5-9-27(32)33/h3-4,7-8,10-15,25,30-31H,5-6,9,16,18-19H2,1-2H3,(H,32,33)/t25-/m0/s1. The summed E-state index contributed by atoms with van der Waals surface area (Å²) in [7, 11) is 0. The maximum absolute atomic E-state index is 10.7. The Morgan fingerprint density at radius 3 is 2.56 bits per heavy atom. The summed E-state index contributed by atoms with van der Waals surface area (Å²) in [6.07, 6.45) is 1.27. The van der Waals surface area contributed by atoms with Crippen LogP contribution in [0.4, 0.5) is 0 Å². The third-order valence-corrected chi connectivity index (χ3v) is 5.73. The molecule has 6 heteroatoms. The number of carboxylic acid groups (broad SMARTS) is 1. The number of hydrogen-bond acceptors (Lipinski definition) is 5. The quantitative estimate of drug-likeness (QED) is 0.369. The molecule has 0 aliphatic heterocycles. The Labute approximate surface area is 200 Å². The highest BCUT2D eigenvalue weighted by Gasteiger charge is 2.20. The van der Waals surface area contributed by atoms with Crippen molar-refractivity contribution in [1.82, 2.24) is 5.32 Å². The van der Waals surface area contributed by atoms with Crippen LogP contribution in [0.3, 0.4) is 0 Å². The number of nitrogens with one attached hydrogen (secondary N) is 1. The zero-order valence-corrected chi connectivity index (χ0v) is 19.8. The molecule has 0 unspecified atom stereocenters. The van der Waals surface area contributed by atoms with Crippen molar-refractivity contribution in [1.29, 1.82) is 5.26 Å². The molecule has 0 aliphatic rings. The summed E-state index contributed by atoms with van der Waals surface area (Å²) in [4.78, 5) is 10.7. The second-order valence-corrected chi connectivity index (χ2v) is 9.28. The number of ether oxygens (including phenoxy) is 1. The van der Waals surface area contributed by atoms with Crippen molar-refractivity contribution >= 4 is 16.7 Å². The highest BCUT2D eigenvalue weighted by Crippen LogP contribution is 2.22. The molecule has 0 bridgehead atoms. The fourth-order valence-corrected chi connectivity index (χ4v) is 3.95. The van der Waals surface area contributed by atoms with E-state index in [1.807, 2.05) is 18.2 Å². The first kappa shape index (κ1) is 25.2. The van der Waals surface area contributed by atoms with Crippen LogP contribution >= 0.6 is 0 Å². The van der Waals surface area contributed by atoms with Crippen LogP contribution in [0.25, 0.3) is 10.8 Å². The number of benzene rings is 3. The molecule has 34 heavy (non-hydrogen) atoms. The van der Waals surface area contributed by atoms with E-state index in [4.69, 9.17) is 9.84 Å². The maximum atomic E-state index is 10.7. The number of fused-ring (bicyclic) bond motifs is 1. The molecule has 3 aromatic carbocycles. The van der Waals surface area contributed by atoms with Crippen LogP contribution in [0.2, 0.25) is 0 Å². The van der Waals surface area contributed by atoms with E-state index in [0.29, 0.717) is 30.7 Å². The number of carbonyl (C=O) groups is 1. The average molecular weight is 461 g/mol. The van der Waals surface area contributed by atoms with Gasteiger partial charge in [-0.05, 0) is 67.1 Å². The highest BCUT2D eigenvalue weighted by molar-refractivity contribution is 5.83. The first-order chi connectivity index (χ1) is 16.3. The number of nitriles is 1. The topological polar surface area (TPSA) is 103 Å². The molecule has 0 spiro atoms. The summed E-state index contributed by atoms with van der Waals surface area (Å²) in [5, 5.41) is 34.5. The Morgan fingerprint density at radius 2 is 1.82 bits per heavy atom. The number of hydrogen-bond donors (Lipinski definition) is 3. The van der Waals surface area contributed by atoms with Crippen molar-refractivity contribution in [3.8, 4) is 11.8 Å². The molecule has 0 radical (unpaired) electrons. The summed E-state index contributed by atoms with van der Waals surface area (Å²) in [5.41, 5.74) is 2.27. The summed E-state index contributed by atoms with van der Waals surface area (Å²) in [5.74, 6) is -0.414. The van der Waals surface area contributed by atoms with Gasteiger partial charge in [-0.15, -0.1) is 0 Å².